The van der Waals surface area contributed by atoms with E-state index in [2.05, 4.69) is 5.32 Å². The molecule has 0 aliphatic carbocycles. The van der Waals surface area contributed by atoms with Crippen molar-refractivity contribution in [2.24, 2.45) is 11.8 Å². The van der Waals surface area contributed by atoms with E-state index in [1.54, 1.807) is 26.8 Å². The Balaban J connectivity index is 2.72. The van der Waals surface area contributed by atoms with Crippen LogP contribution in [0.5, 0.6) is 0 Å². The lowest BCUT2D eigenvalue weighted by atomic mass is 9.96. The Morgan fingerprint density at radius 1 is 1.37 bits per heavy atom. The third-order valence-corrected chi connectivity index (χ3v) is 2.97. The van der Waals surface area contributed by atoms with Crippen molar-refractivity contribution in [1.82, 2.24) is 5.32 Å². The molecule has 0 saturated carbocycles. The third kappa shape index (κ3) is 4.05. The van der Waals surface area contributed by atoms with Gasteiger partial charge in [0.2, 0.25) is 0 Å². The number of rotatable bonds is 5. The van der Waals surface area contributed by atoms with Crippen LogP contribution in [0.1, 0.15) is 29.8 Å². The molecule has 0 radical (unpaired) electrons. The van der Waals surface area contributed by atoms with E-state index in [0.29, 0.717) is 0 Å². The molecular weight excluding hydrogens is 249 g/mol. The molecule has 0 saturated heterocycles. The summed E-state index contributed by atoms with van der Waals surface area (Å²) in [6, 6.07) is 4.30. The quantitative estimate of drug-likeness (QED) is 0.859. The van der Waals surface area contributed by atoms with Crippen molar-refractivity contribution in [3.63, 3.8) is 0 Å². The molecule has 1 atom stereocenters. The van der Waals surface area contributed by atoms with Crippen LogP contribution in [0.15, 0.2) is 18.2 Å². The molecule has 0 spiro atoms. The molecule has 4 nitrogen and oxygen atoms in total. The third-order valence-electron chi connectivity index (χ3n) is 2.97. The van der Waals surface area contributed by atoms with Crippen molar-refractivity contribution in [2.75, 3.05) is 6.54 Å². The van der Waals surface area contributed by atoms with Gasteiger partial charge >= 0.3 is 5.97 Å². The van der Waals surface area contributed by atoms with E-state index < -0.39 is 23.6 Å². The maximum atomic E-state index is 13.6. The number of aryl methyl sites for hydroxylation is 1. The largest absolute Gasteiger partial charge is 0.481 e. The Bertz CT molecular complexity index is 486. The minimum Gasteiger partial charge on any atom is -0.481 e. The van der Waals surface area contributed by atoms with Crippen LogP contribution in [-0.4, -0.2) is 23.5 Å². The van der Waals surface area contributed by atoms with Gasteiger partial charge in [0.05, 0.1) is 11.5 Å². The van der Waals surface area contributed by atoms with Gasteiger partial charge in [-0.1, -0.05) is 19.9 Å². The Morgan fingerprint density at radius 3 is 2.47 bits per heavy atom. The topological polar surface area (TPSA) is 66.4 Å². The van der Waals surface area contributed by atoms with Crippen LogP contribution in [0.3, 0.4) is 0 Å². The van der Waals surface area contributed by atoms with Gasteiger partial charge < -0.3 is 10.4 Å². The molecule has 0 aliphatic rings. The van der Waals surface area contributed by atoms with Crippen LogP contribution >= 0.6 is 0 Å². The number of hydrogen-bond acceptors (Lipinski definition) is 2. The first kappa shape index (κ1) is 15.1. The summed E-state index contributed by atoms with van der Waals surface area (Å²) in [7, 11) is 0. The highest BCUT2D eigenvalue weighted by Crippen LogP contribution is 2.12. The van der Waals surface area contributed by atoms with Gasteiger partial charge in [-0.25, -0.2) is 4.39 Å². The van der Waals surface area contributed by atoms with Gasteiger partial charge in [-0.05, 0) is 30.5 Å². The van der Waals surface area contributed by atoms with E-state index >= 15 is 0 Å². The second kappa shape index (κ2) is 6.31. The molecule has 5 heteroatoms. The number of amides is 1. The molecule has 1 aromatic carbocycles. The molecule has 104 valence electrons. The van der Waals surface area contributed by atoms with Crippen molar-refractivity contribution in [3.05, 3.63) is 35.1 Å². The lowest BCUT2D eigenvalue weighted by molar-refractivity contribution is -0.142. The number of carbonyl (C=O) groups excluding carboxylic acids is 1. The minimum atomic E-state index is -0.973. The van der Waals surface area contributed by atoms with Crippen LogP contribution in [0.25, 0.3) is 0 Å². The van der Waals surface area contributed by atoms with Crippen molar-refractivity contribution in [3.8, 4) is 0 Å². The molecule has 0 heterocycles. The highest BCUT2D eigenvalue weighted by molar-refractivity contribution is 5.94. The number of aliphatic carboxylic acids is 1. The van der Waals surface area contributed by atoms with Gasteiger partial charge in [0, 0.05) is 6.54 Å². The molecule has 1 unspecified atom stereocenters. The first-order valence-electron chi connectivity index (χ1n) is 6.10. The number of carbonyl (C=O) groups is 2. The summed E-state index contributed by atoms with van der Waals surface area (Å²) < 4.78 is 13.6. The van der Waals surface area contributed by atoms with Gasteiger partial charge in [-0.3, -0.25) is 9.59 Å². The predicted molar refractivity (Wildman–Crippen MR) is 69.4 cm³/mol. The summed E-state index contributed by atoms with van der Waals surface area (Å²) >= 11 is 0. The standard InChI is InChI=1S/C14H18FNO3/c1-8(2)11(14(18)19)7-16-13(17)10-5-4-9(3)6-12(10)15/h4-6,8,11H,7H2,1-3H3,(H,16,17)(H,18,19). The summed E-state index contributed by atoms with van der Waals surface area (Å²) in [4.78, 5) is 22.8. The van der Waals surface area contributed by atoms with Crippen LogP contribution in [-0.2, 0) is 4.79 Å². The summed E-state index contributed by atoms with van der Waals surface area (Å²) in [5, 5.41) is 11.5. The fraction of sp³-hybridized carbons (Fsp3) is 0.429. The molecule has 0 aromatic heterocycles. The Hall–Kier alpha value is -1.91. The lowest BCUT2D eigenvalue weighted by Crippen LogP contribution is -2.35. The van der Waals surface area contributed by atoms with Crippen LogP contribution in [0.2, 0.25) is 0 Å². The van der Waals surface area contributed by atoms with Crippen LogP contribution in [0.4, 0.5) is 4.39 Å². The van der Waals surface area contributed by atoms with Gasteiger partial charge in [0.15, 0.2) is 0 Å². The number of carboxylic acid groups (broad SMARTS) is 1. The van der Waals surface area contributed by atoms with E-state index in [9.17, 15) is 14.0 Å². The highest BCUT2D eigenvalue weighted by atomic mass is 19.1. The summed E-state index contributed by atoms with van der Waals surface area (Å²) in [6.45, 7) is 5.23. The molecular formula is C14H18FNO3. The first-order chi connectivity index (χ1) is 8.82. The van der Waals surface area contributed by atoms with E-state index in [-0.39, 0.29) is 18.0 Å². The number of carboxylic acids is 1. The SMILES string of the molecule is Cc1ccc(C(=O)NCC(C(=O)O)C(C)C)c(F)c1. The Kier molecular flexibility index (Phi) is 5.03. The maximum absolute atomic E-state index is 13.6. The molecule has 19 heavy (non-hydrogen) atoms. The van der Waals surface area contributed by atoms with Gasteiger partial charge in [0.1, 0.15) is 5.82 Å². The molecule has 1 rings (SSSR count). The van der Waals surface area contributed by atoms with Gasteiger partial charge in [-0.15, -0.1) is 0 Å². The normalized spacial score (nSPS) is 12.3. The molecule has 2 N–H and O–H groups in total. The van der Waals surface area contributed by atoms with Crippen molar-refractivity contribution in [2.45, 2.75) is 20.8 Å². The minimum absolute atomic E-state index is 0.0147. The van der Waals surface area contributed by atoms with Gasteiger partial charge in [0.25, 0.3) is 5.91 Å². The maximum Gasteiger partial charge on any atom is 0.308 e. The zero-order valence-corrected chi connectivity index (χ0v) is 11.2. The zero-order valence-electron chi connectivity index (χ0n) is 11.2. The van der Waals surface area contributed by atoms with E-state index in [1.165, 1.54) is 12.1 Å². The monoisotopic (exact) mass is 267 g/mol. The summed E-state index contributed by atoms with van der Waals surface area (Å²) in [6.07, 6.45) is 0. The fourth-order valence-electron chi connectivity index (χ4n) is 1.71. The highest BCUT2D eigenvalue weighted by Gasteiger charge is 2.22. The van der Waals surface area contributed by atoms with E-state index in [0.717, 1.165) is 5.56 Å². The van der Waals surface area contributed by atoms with E-state index in [4.69, 9.17) is 5.11 Å². The fourth-order valence-corrected chi connectivity index (χ4v) is 1.71. The predicted octanol–water partition coefficient (Wildman–Crippen LogP) is 2.22. The number of nitrogens with one attached hydrogen (secondary N) is 1. The Morgan fingerprint density at radius 2 is 2.00 bits per heavy atom. The number of benzene rings is 1. The molecule has 1 amide bonds. The number of halogens is 1. The molecule has 0 fully saturated rings. The smallest absolute Gasteiger partial charge is 0.308 e. The second-order valence-corrected chi connectivity index (χ2v) is 4.88. The summed E-state index contributed by atoms with van der Waals surface area (Å²) in [5.74, 6) is -2.96. The van der Waals surface area contributed by atoms with E-state index in [1.807, 2.05) is 0 Å². The average molecular weight is 267 g/mol. The van der Waals surface area contributed by atoms with Crippen molar-refractivity contribution in [1.29, 1.82) is 0 Å². The second-order valence-electron chi connectivity index (χ2n) is 4.88. The molecule has 0 aliphatic heterocycles. The summed E-state index contributed by atoms with van der Waals surface area (Å²) in [5.41, 5.74) is 0.651. The molecule has 0 bridgehead atoms. The van der Waals surface area contributed by atoms with Crippen LogP contribution in [0, 0.1) is 24.6 Å². The van der Waals surface area contributed by atoms with Gasteiger partial charge in [-0.2, -0.15) is 0 Å². The van der Waals surface area contributed by atoms with Crippen molar-refractivity contribution < 1.29 is 19.1 Å². The Labute approximate surface area is 111 Å². The molecule has 1 aromatic rings. The average Bonchev–Trinajstić information content (AvgIpc) is 2.27. The van der Waals surface area contributed by atoms with Crippen LogP contribution < -0.4 is 5.32 Å². The first-order valence-corrected chi connectivity index (χ1v) is 6.10. The number of hydrogen-bond donors (Lipinski definition) is 2. The zero-order chi connectivity index (χ0) is 14.6. The lowest BCUT2D eigenvalue weighted by Gasteiger charge is -2.16. The van der Waals surface area contributed by atoms with Crippen molar-refractivity contribution >= 4 is 11.9 Å².